The van der Waals surface area contributed by atoms with Gasteiger partial charge in [0.25, 0.3) is 0 Å². The zero-order valence-corrected chi connectivity index (χ0v) is 56.7. The van der Waals surface area contributed by atoms with E-state index in [-0.39, 0.29) is 30.9 Å². The molecule has 5 N–H and O–H groups in total. The van der Waals surface area contributed by atoms with Crippen molar-refractivity contribution in [1.82, 2.24) is 29.5 Å². The number of nitrogens with zero attached hydrogens (tertiary/aromatic N) is 8. The van der Waals surface area contributed by atoms with Crippen LogP contribution in [0.4, 0.5) is 44.2 Å². The summed E-state index contributed by atoms with van der Waals surface area (Å²) in [5, 5.41) is 22.4. The van der Waals surface area contributed by atoms with Crippen molar-refractivity contribution in [3.05, 3.63) is 193 Å². The number of aromatic nitrogens is 6. The Balaban J connectivity index is 0.000000210. The molecule has 490 valence electrons. The molecule has 20 heteroatoms. The van der Waals surface area contributed by atoms with Gasteiger partial charge >= 0.3 is 12.1 Å². The summed E-state index contributed by atoms with van der Waals surface area (Å²) in [6.07, 6.45) is 5.04. The summed E-state index contributed by atoms with van der Waals surface area (Å²) in [6, 6.07) is 51.9. The highest BCUT2D eigenvalue weighted by atomic mass is 35.6. The van der Waals surface area contributed by atoms with Crippen molar-refractivity contribution in [2.24, 2.45) is 0 Å². The van der Waals surface area contributed by atoms with Crippen LogP contribution in [-0.2, 0) is 25.0 Å². The minimum atomic E-state index is -1.66. The predicted octanol–water partition coefficient (Wildman–Crippen LogP) is 17.8. The van der Waals surface area contributed by atoms with Crippen LogP contribution in [0.25, 0.3) is 55.2 Å². The molecule has 0 aliphatic rings. The van der Waals surface area contributed by atoms with E-state index in [1.165, 1.54) is 0 Å². The third-order valence-corrected chi connectivity index (χ3v) is 15.4. The van der Waals surface area contributed by atoms with E-state index in [4.69, 9.17) is 64.8 Å². The Labute approximate surface area is 562 Å². The van der Waals surface area contributed by atoms with Gasteiger partial charge in [0, 0.05) is 118 Å². The van der Waals surface area contributed by atoms with Gasteiger partial charge in [0.2, 0.25) is 3.79 Å². The van der Waals surface area contributed by atoms with Gasteiger partial charge in [-0.1, -0.05) is 180 Å². The standard InChI is InChI=1S/C35H40N6O2.C20H23N3O.C17H20Cl3N3O2.CH4/c1-24-12-15-26(16-13-24)41-33(22-31(39-41)35(2,3)4)38-34(42)37-30-18-17-27(28-10-7-8-11-29(28)30)25-14-19-32(36-23-25)40(5)20-9-21-43-6;1-23(12-5-13-24-2)20-11-8-15(14-22-20)16-9-10-19(21)18-7-4-3-6-17(16)18;1-11-5-7-12(8-6-11)23-14(9-13(22-23)16(2,3)4)21-15(24)25-10-17(18,19)20;/h7-8,10-19,22-23H,9,20-21H2,1-6H3,(H2,37,38,42);3-4,6-11,14H,5,12-13,21H2,1-2H3;5-9H,10H2,1-4H3,(H,21,24);1H4. The largest absolute Gasteiger partial charge is 0.445 e. The third-order valence-electron chi connectivity index (χ3n) is 15.1. The number of ether oxygens (including phenoxy) is 3. The van der Waals surface area contributed by atoms with Crippen molar-refractivity contribution in [2.75, 3.05) is 92.7 Å². The van der Waals surface area contributed by atoms with Gasteiger partial charge in [0.1, 0.15) is 29.9 Å². The number of alkyl halides is 3. The van der Waals surface area contributed by atoms with E-state index in [1.807, 2.05) is 163 Å². The number of carbonyl (C=O) groups is 2. The zero-order valence-electron chi connectivity index (χ0n) is 54.4. The molecule has 3 amide bonds. The Hall–Kier alpha value is -8.71. The number of anilines is 6. The van der Waals surface area contributed by atoms with Crippen molar-refractivity contribution in [1.29, 1.82) is 0 Å². The maximum absolute atomic E-state index is 13.4. The topological polar surface area (TPSA) is 192 Å². The zero-order chi connectivity index (χ0) is 66.3. The SMILES string of the molecule is C.COCCCN(C)c1ccc(-c2ccc(N)c3ccccc23)cn1.COCCCN(C)c1ccc(-c2ccc(NC(=O)Nc3cc(C(C)(C)C)nn3-c3ccc(C)cc3)c3ccccc23)cn1.Cc1ccc(-n2nc(C(C)(C)C)cc2NC(=O)OCC(Cl)(Cl)Cl)cc1. The average molecular weight is 1320 g/mol. The molecule has 0 atom stereocenters. The first-order valence-electron chi connectivity index (χ1n) is 30.4. The second-order valence-corrected chi connectivity index (χ2v) is 27.0. The minimum absolute atomic E-state index is 0. The number of carbonyl (C=O) groups excluding carboxylic acids is 2. The number of nitrogens with one attached hydrogen (secondary N) is 3. The highest BCUT2D eigenvalue weighted by Crippen LogP contribution is 2.36. The normalized spacial score (nSPS) is 11.4. The molecule has 0 bridgehead atoms. The number of aryl methyl sites for hydroxylation is 2. The fraction of sp³-hybridized carbons (Fsp3) is 0.315. The number of rotatable bonds is 18. The number of nitrogens with two attached hydrogens (primary N) is 1. The monoisotopic (exact) mass is 1320 g/mol. The molecule has 10 aromatic rings. The summed E-state index contributed by atoms with van der Waals surface area (Å²) < 4.78 is 17.0. The van der Waals surface area contributed by atoms with Gasteiger partial charge in [-0.25, -0.2) is 28.9 Å². The second-order valence-electron chi connectivity index (χ2n) is 24.5. The number of fused-ring (bicyclic) bond motifs is 2. The Morgan fingerprint density at radius 1 is 0.548 bits per heavy atom. The first-order valence-corrected chi connectivity index (χ1v) is 31.5. The van der Waals surface area contributed by atoms with E-state index in [0.717, 1.165) is 140 Å². The predicted molar refractivity (Wildman–Crippen MR) is 387 cm³/mol. The van der Waals surface area contributed by atoms with Crippen LogP contribution < -0.4 is 31.5 Å². The van der Waals surface area contributed by atoms with Crippen LogP contribution in [0.2, 0.25) is 0 Å². The van der Waals surface area contributed by atoms with Crippen LogP contribution in [0, 0.1) is 13.8 Å². The second kappa shape index (κ2) is 32.2. The molecular weight excluding hydrogens is 1230 g/mol. The van der Waals surface area contributed by atoms with Gasteiger partial charge in [-0.05, 0) is 109 Å². The Morgan fingerprint density at radius 2 is 0.978 bits per heavy atom. The summed E-state index contributed by atoms with van der Waals surface area (Å²) in [7, 11) is 7.53. The number of nitrogen functional groups attached to an aromatic ring is 1. The molecule has 6 aromatic carbocycles. The lowest BCUT2D eigenvalue weighted by Crippen LogP contribution is -2.22. The molecule has 0 aliphatic heterocycles. The highest BCUT2D eigenvalue weighted by Gasteiger charge is 2.26. The van der Waals surface area contributed by atoms with Crippen LogP contribution in [0.5, 0.6) is 0 Å². The molecule has 0 spiro atoms. The van der Waals surface area contributed by atoms with E-state index in [2.05, 4.69) is 106 Å². The number of amides is 3. The fourth-order valence-electron chi connectivity index (χ4n) is 9.89. The maximum atomic E-state index is 13.4. The highest BCUT2D eigenvalue weighted by molar-refractivity contribution is 6.67. The molecule has 17 nitrogen and oxygen atoms in total. The van der Waals surface area contributed by atoms with Gasteiger partial charge in [-0.2, -0.15) is 10.2 Å². The maximum Gasteiger partial charge on any atom is 0.412 e. The number of urea groups is 1. The van der Waals surface area contributed by atoms with Crippen LogP contribution in [0.1, 0.15) is 84.3 Å². The molecule has 0 fully saturated rings. The molecule has 0 unspecified atom stereocenters. The molecule has 93 heavy (non-hydrogen) atoms. The number of methoxy groups -OCH3 is 2. The quantitative estimate of drug-likeness (QED) is 0.0362. The molecule has 10 rings (SSSR count). The summed E-state index contributed by atoms with van der Waals surface area (Å²) in [6.45, 7) is 19.4. The number of benzene rings is 6. The first kappa shape index (κ1) is 71.7. The third kappa shape index (κ3) is 19.7. The fourth-order valence-corrected chi connectivity index (χ4v) is 10.1. The van der Waals surface area contributed by atoms with Crippen LogP contribution >= 0.6 is 34.8 Å². The molecule has 0 aliphatic carbocycles. The summed E-state index contributed by atoms with van der Waals surface area (Å²) in [5.74, 6) is 2.96. The molecule has 0 saturated carbocycles. The smallest absolute Gasteiger partial charge is 0.412 e. The van der Waals surface area contributed by atoms with E-state index in [9.17, 15) is 9.59 Å². The lowest BCUT2D eigenvalue weighted by molar-refractivity contribution is 0.163. The lowest BCUT2D eigenvalue weighted by atomic mass is 9.92. The number of halogens is 3. The van der Waals surface area contributed by atoms with Crippen molar-refractivity contribution in [3.63, 3.8) is 0 Å². The Bertz CT molecular complexity index is 4060. The first-order chi connectivity index (χ1) is 43.8. The van der Waals surface area contributed by atoms with Gasteiger partial charge in [0.15, 0.2) is 0 Å². The number of pyridine rings is 2. The number of hydrogen-bond acceptors (Lipinski definition) is 12. The van der Waals surface area contributed by atoms with E-state index < -0.39 is 9.89 Å². The average Bonchev–Trinajstić information content (AvgIpc) is 1.46. The van der Waals surface area contributed by atoms with Crippen LogP contribution in [0.15, 0.2) is 170 Å². The van der Waals surface area contributed by atoms with E-state index in [1.54, 1.807) is 29.6 Å². The summed E-state index contributed by atoms with van der Waals surface area (Å²) >= 11 is 16.8. The summed E-state index contributed by atoms with van der Waals surface area (Å²) in [4.78, 5) is 39.0. The summed E-state index contributed by atoms with van der Waals surface area (Å²) in [5.41, 5.74) is 17.3. The Kier molecular flexibility index (Phi) is 24.9. The minimum Gasteiger partial charge on any atom is -0.445 e. The van der Waals surface area contributed by atoms with Crippen molar-refractivity contribution < 1.29 is 23.8 Å². The van der Waals surface area contributed by atoms with Gasteiger partial charge in [0.05, 0.1) is 28.5 Å². The van der Waals surface area contributed by atoms with Crippen LogP contribution in [-0.4, -0.2) is 107 Å². The molecule has 4 heterocycles. The van der Waals surface area contributed by atoms with Crippen molar-refractivity contribution >= 4 is 103 Å². The molecule has 0 radical (unpaired) electrons. The molecule has 4 aromatic heterocycles. The molecular formula is C73H87Cl3N12O5. The van der Waals surface area contributed by atoms with Gasteiger partial charge in [-0.15, -0.1) is 0 Å². The lowest BCUT2D eigenvalue weighted by Gasteiger charge is -2.18. The van der Waals surface area contributed by atoms with E-state index in [0.29, 0.717) is 11.6 Å². The van der Waals surface area contributed by atoms with Gasteiger partial charge < -0.3 is 35.1 Å². The number of hydrogen-bond donors (Lipinski definition) is 4. The van der Waals surface area contributed by atoms with Crippen LogP contribution in [0.3, 0.4) is 0 Å². The van der Waals surface area contributed by atoms with E-state index >= 15 is 0 Å². The van der Waals surface area contributed by atoms with Gasteiger partial charge in [-0.3, -0.25) is 10.6 Å². The van der Waals surface area contributed by atoms with Crippen molar-refractivity contribution in [2.45, 2.75) is 90.3 Å². The Morgan fingerprint density at radius 3 is 1.41 bits per heavy atom. The molecule has 0 saturated heterocycles. The van der Waals surface area contributed by atoms with Crippen molar-refractivity contribution in [3.8, 4) is 33.6 Å².